The number of fused-ring (bicyclic) bond motifs is 1. The molecule has 0 unspecified atom stereocenters. The van der Waals surface area contributed by atoms with Crippen LogP contribution in [0, 0.1) is 10.1 Å². The number of carbonyl (C=O) groups excluding carboxylic acids is 1. The Hall–Kier alpha value is -3.73. The summed E-state index contributed by atoms with van der Waals surface area (Å²) in [7, 11) is 0. The molecular formula is C26H21Cl2N5O4S. The van der Waals surface area contributed by atoms with E-state index in [4.69, 9.17) is 39.8 Å². The van der Waals surface area contributed by atoms with E-state index in [-0.39, 0.29) is 16.4 Å². The summed E-state index contributed by atoms with van der Waals surface area (Å²) < 4.78 is 5.77. The number of amides is 1. The average molecular weight is 570 g/mol. The highest BCUT2D eigenvalue weighted by atomic mass is 35.5. The van der Waals surface area contributed by atoms with Crippen LogP contribution < -0.4 is 15.5 Å². The molecule has 1 saturated heterocycles. The van der Waals surface area contributed by atoms with Gasteiger partial charge < -0.3 is 14.6 Å². The molecule has 38 heavy (non-hydrogen) atoms. The molecular weight excluding hydrogens is 549 g/mol. The lowest BCUT2D eigenvalue weighted by atomic mass is 10.1. The number of carbonyl (C=O) groups is 1. The molecule has 9 nitrogen and oxygen atoms in total. The summed E-state index contributed by atoms with van der Waals surface area (Å²) >= 11 is 17.5. The molecule has 194 valence electrons. The summed E-state index contributed by atoms with van der Waals surface area (Å²) in [6, 6.07) is 15.1. The van der Waals surface area contributed by atoms with E-state index < -0.39 is 10.8 Å². The maximum Gasteiger partial charge on any atom is 0.293 e. The number of nitro benzene ring substituents is 1. The zero-order chi connectivity index (χ0) is 26.8. The molecule has 2 heterocycles. The molecule has 1 aromatic heterocycles. The van der Waals surface area contributed by atoms with Gasteiger partial charge in [0.1, 0.15) is 11.2 Å². The number of nitrogens with one attached hydrogen (secondary N) is 2. The van der Waals surface area contributed by atoms with Crippen LogP contribution in [0.1, 0.15) is 34.7 Å². The largest absolute Gasteiger partial charge is 0.439 e. The van der Waals surface area contributed by atoms with Gasteiger partial charge in [-0.2, -0.15) is 0 Å². The topological polar surface area (TPSA) is 114 Å². The van der Waals surface area contributed by atoms with E-state index in [0.29, 0.717) is 44.8 Å². The van der Waals surface area contributed by atoms with Crippen LogP contribution in [-0.4, -0.2) is 34.0 Å². The molecule has 5 rings (SSSR count). The van der Waals surface area contributed by atoms with Crippen molar-refractivity contribution in [3.8, 4) is 0 Å². The molecule has 1 amide bonds. The predicted molar refractivity (Wildman–Crippen MR) is 152 cm³/mol. The zero-order valence-electron chi connectivity index (χ0n) is 19.9. The van der Waals surface area contributed by atoms with E-state index in [1.165, 1.54) is 6.07 Å². The lowest BCUT2D eigenvalue weighted by Crippen LogP contribution is -2.34. The Balaban J connectivity index is 1.21. The zero-order valence-corrected chi connectivity index (χ0v) is 22.2. The van der Waals surface area contributed by atoms with Gasteiger partial charge in [-0.1, -0.05) is 35.3 Å². The number of rotatable bonds is 6. The molecule has 0 atom stereocenters. The van der Waals surface area contributed by atoms with Crippen molar-refractivity contribution in [1.82, 2.24) is 10.3 Å². The van der Waals surface area contributed by atoms with Gasteiger partial charge in [0.15, 0.2) is 16.6 Å². The summed E-state index contributed by atoms with van der Waals surface area (Å²) in [6.07, 6.45) is 2.42. The summed E-state index contributed by atoms with van der Waals surface area (Å²) in [5.74, 6) is -0.0394. The molecule has 1 aliphatic heterocycles. The Kier molecular flexibility index (Phi) is 7.46. The summed E-state index contributed by atoms with van der Waals surface area (Å²) in [5.41, 5.74) is 3.24. The smallest absolute Gasteiger partial charge is 0.293 e. The second kappa shape index (κ2) is 10.9. The fourth-order valence-corrected chi connectivity index (χ4v) is 5.07. The standard InChI is InChI=1S/C26H21Cl2N5O4S/c27-17-13-19(28)24-20(14-17)30-23(37-24)11-15-3-6-18(7-4-15)29-26(38)31-25(34)16-5-8-21(22(12-16)33(35)36)32-9-1-2-10-32/h3-8,12-14H,1-2,9-11H2,(H2,29,31,34,38). The first-order valence-electron chi connectivity index (χ1n) is 11.8. The maximum atomic E-state index is 12.7. The summed E-state index contributed by atoms with van der Waals surface area (Å²) in [5, 5.41) is 18.1. The molecule has 12 heteroatoms. The van der Waals surface area contributed by atoms with Crippen molar-refractivity contribution in [1.29, 1.82) is 0 Å². The molecule has 1 fully saturated rings. The van der Waals surface area contributed by atoms with Crippen LogP contribution in [0.15, 0.2) is 59.0 Å². The van der Waals surface area contributed by atoms with Gasteiger partial charge in [-0.25, -0.2) is 4.98 Å². The monoisotopic (exact) mass is 569 g/mol. The van der Waals surface area contributed by atoms with Crippen LogP contribution in [0.4, 0.5) is 17.1 Å². The number of benzene rings is 3. The van der Waals surface area contributed by atoms with Gasteiger partial charge in [0.2, 0.25) is 0 Å². The number of nitrogens with zero attached hydrogens (tertiary/aromatic N) is 3. The number of anilines is 2. The third-order valence-electron chi connectivity index (χ3n) is 6.13. The van der Waals surface area contributed by atoms with E-state index in [2.05, 4.69) is 15.6 Å². The Morgan fingerprint density at radius 1 is 1.11 bits per heavy atom. The number of hydrogen-bond donors (Lipinski definition) is 2. The lowest BCUT2D eigenvalue weighted by Gasteiger charge is -2.18. The average Bonchev–Trinajstić information content (AvgIpc) is 3.55. The second-order valence-corrected chi connectivity index (χ2v) is 10.0. The molecule has 1 aliphatic rings. The Bertz CT molecular complexity index is 1550. The van der Waals surface area contributed by atoms with Crippen LogP contribution in [0.2, 0.25) is 10.0 Å². The van der Waals surface area contributed by atoms with Crippen molar-refractivity contribution in [2.45, 2.75) is 19.3 Å². The van der Waals surface area contributed by atoms with Crippen molar-refractivity contribution in [2.75, 3.05) is 23.3 Å². The van der Waals surface area contributed by atoms with Crippen LogP contribution in [0.25, 0.3) is 11.1 Å². The molecule has 4 aromatic rings. The Morgan fingerprint density at radius 3 is 2.55 bits per heavy atom. The van der Waals surface area contributed by atoms with Gasteiger partial charge >= 0.3 is 0 Å². The van der Waals surface area contributed by atoms with Crippen LogP contribution >= 0.6 is 35.4 Å². The number of hydrogen-bond acceptors (Lipinski definition) is 7. The van der Waals surface area contributed by atoms with Crippen molar-refractivity contribution in [3.05, 3.63) is 91.8 Å². The van der Waals surface area contributed by atoms with Crippen LogP contribution in [0.5, 0.6) is 0 Å². The van der Waals surface area contributed by atoms with Gasteiger partial charge in [0.25, 0.3) is 11.6 Å². The second-order valence-electron chi connectivity index (χ2n) is 8.78. The number of aromatic nitrogens is 1. The number of oxazole rings is 1. The van der Waals surface area contributed by atoms with Crippen molar-refractivity contribution in [3.63, 3.8) is 0 Å². The van der Waals surface area contributed by atoms with Crippen LogP contribution in [0.3, 0.4) is 0 Å². The molecule has 0 radical (unpaired) electrons. The molecule has 3 aromatic carbocycles. The molecule has 2 N–H and O–H groups in total. The third-order valence-corrected chi connectivity index (χ3v) is 6.83. The first-order chi connectivity index (χ1) is 18.3. The lowest BCUT2D eigenvalue weighted by molar-refractivity contribution is -0.384. The minimum Gasteiger partial charge on any atom is -0.439 e. The fourth-order valence-electron chi connectivity index (χ4n) is 4.34. The Morgan fingerprint density at radius 2 is 1.84 bits per heavy atom. The van der Waals surface area contributed by atoms with E-state index >= 15 is 0 Å². The van der Waals surface area contributed by atoms with Crippen molar-refractivity contribution in [2.24, 2.45) is 0 Å². The normalized spacial score (nSPS) is 13.1. The molecule has 0 bridgehead atoms. The maximum absolute atomic E-state index is 12.7. The van der Waals surface area contributed by atoms with Gasteiger partial charge in [-0.3, -0.25) is 20.2 Å². The van der Waals surface area contributed by atoms with Crippen molar-refractivity contribution < 1.29 is 14.1 Å². The number of halogens is 2. The summed E-state index contributed by atoms with van der Waals surface area (Å²) in [4.78, 5) is 30.3. The predicted octanol–water partition coefficient (Wildman–Crippen LogP) is 6.36. The van der Waals surface area contributed by atoms with Gasteiger partial charge in [-0.05, 0) is 67.0 Å². The SMILES string of the molecule is O=C(NC(=S)Nc1ccc(Cc2nc3cc(Cl)cc(Cl)c3o2)cc1)c1ccc(N2CCCC2)c([N+](=O)[O-])c1. The van der Waals surface area contributed by atoms with Gasteiger partial charge in [-0.15, -0.1) is 0 Å². The van der Waals surface area contributed by atoms with E-state index in [0.717, 1.165) is 31.5 Å². The van der Waals surface area contributed by atoms with Crippen molar-refractivity contribution >= 4 is 74.6 Å². The minimum absolute atomic E-state index is 0.0690. The molecule has 0 saturated carbocycles. The highest BCUT2D eigenvalue weighted by Crippen LogP contribution is 2.32. The summed E-state index contributed by atoms with van der Waals surface area (Å²) in [6.45, 7) is 1.52. The third kappa shape index (κ3) is 5.72. The minimum atomic E-state index is -0.537. The number of thiocarbonyl (C=S) groups is 1. The fraction of sp³-hybridized carbons (Fsp3) is 0.192. The first-order valence-corrected chi connectivity index (χ1v) is 12.9. The quantitative estimate of drug-likeness (QED) is 0.156. The Labute approximate surface area is 232 Å². The van der Waals surface area contributed by atoms with Gasteiger partial charge in [0, 0.05) is 41.9 Å². The van der Waals surface area contributed by atoms with Crippen LogP contribution in [-0.2, 0) is 6.42 Å². The van der Waals surface area contributed by atoms with E-state index in [1.807, 2.05) is 17.0 Å². The number of nitro groups is 1. The highest BCUT2D eigenvalue weighted by Gasteiger charge is 2.24. The van der Waals surface area contributed by atoms with E-state index in [1.54, 1.807) is 36.4 Å². The molecule has 0 aliphatic carbocycles. The molecule has 0 spiro atoms. The van der Waals surface area contributed by atoms with Gasteiger partial charge in [0.05, 0.1) is 9.95 Å². The highest BCUT2D eigenvalue weighted by molar-refractivity contribution is 7.80. The first kappa shape index (κ1) is 25.9. The van der Waals surface area contributed by atoms with E-state index in [9.17, 15) is 14.9 Å².